The molecular formula is C21H24N2O3. The van der Waals surface area contributed by atoms with Gasteiger partial charge in [-0.25, -0.2) is 4.79 Å². The number of hydrogen-bond acceptors (Lipinski definition) is 4. The van der Waals surface area contributed by atoms with Crippen molar-refractivity contribution in [3.05, 3.63) is 65.7 Å². The number of benzene rings is 2. The highest BCUT2D eigenvalue weighted by Gasteiger charge is 2.31. The zero-order valence-electron chi connectivity index (χ0n) is 15.2. The number of esters is 1. The van der Waals surface area contributed by atoms with Crippen LogP contribution in [-0.4, -0.2) is 44.0 Å². The molecule has 1 amide bonds. The van der Waals surface area contributed by atoms with E-state index in [0.717, 1.165) is 31.6 Å². The van der Waals surface area contributed by atoms with Crippen molar-refractivity contribution in [2.24, 2.45) is 0 Å². The van der Waals surface area contributed by atoms with Crippen molar-refractivity contribution in [2.75, 3.05) is 32.1 Å². The molecule has 26 heavy (non-hydrogen) atoms. The van der Waals surface area contributed by atoms with Crippen molar-refractivity contribution >= 4 is 17.6 Å². The maximum atomic E-state index is 12.9. The van der Waals surface area contributed by atoms with Gasteiger partial charge >= 0.3 is 5.97 Å². The monoisotopic (exact) mass is 352 g/mol. The molecule has 0 aliphatic carbocycles. The maximum Gasteiger partial charge on any atom is 0.339 e. The lowest BCUT2D eigenvalue weighted by Crippen LogP contribution is -2.34. The number of likely N-dealkylation sites (tertiary alicyclic amines) is 1. The SMILES string of the molecule is CN(C)c1ccc(C(=O)O[C@H](C(=O)N2CCCC2)c2ccccc2)cc1. The van der Waals surface area contributed by atoms with Crippen LogP contribution in [0.2, 0.25) is 0 Å². The highest BCUT2D eigenvalue weighted by Crippen LogP contribution is 2.24. The summed E-state index contributed by atoms with van der Waals surface area (Å²) in [6, 6.07) is 16.4. The molecule has 136 valence electrons. The fraction of sp³-hybridized carbons (Fsp3) is 0.333. The third-order valence-corrected chi connectivity index (χ3v) is 4.59. The number of ether oxygens (including phenoxy) is 1. The number of amides is 1. The molecule has 0 bridgehead atoms. The Morgan fingerprint density at radius 2 is 1.58 bits per heavy atom. The van der Waals surface area contributed by atoms with Gasteiger partial charge in [0.25, 0.3) is 5.91 Å². The summed E-state index contributed by atoms with van der Waals surface area (Å²) in [5.41, 5.74) is 2.13. The zero-order valence-corrected chi connectivity index (χ0v) is 15.2. The predicted octanol–water partition coefficient (Wildman–Crippen LogP) is 3.27. The summed E-state index contributed by atoms with van der Waals surface area (Å²) in [5, 5.41) is 0. The standard InChI is InChI=1S/C21H24N2O3/c1-22(2)18-12-10-17(11-13-18)21(25)26-19(16-8-4-3-5-9-16)20(24)23-14-6-7-15-23/h3-5,8-13,19H,6-7,14-15H2,1-2H3/t19-/m0/s1. The van der Waals surface area contributed by atoms with Gasteiger partial charge in [0.05, 0.1) is 5.56 Å². The second-order valence-corrected chi connectivity index (χ2v) is 6.67. The molecule has 5 nitrogen and oxygen atoms in total. The van der Waals surface area contributed by atoms with E-state index in [4.69, 9.17) is 4.74 Å². The molecule has 1 saturated heterocycles. The Balaban J connectivity index is 1.80. The van der Waals surface area contributed by atoms with Gasteiger partial charge in [0, 0.05) is 38.4 Å². The fourth-order valence-electron chi connectivity index (χ4n) is 3.06. The molecule has 1 fully saturated rings. The number of hydrogen-bond donors (Lipinski definition) is 0. The average Bonchev–Trinajstić information content (AvgIpc) is 3.21. The first-order chi connectivity index (χ1) is 12.6. The van der Waals surface area contributed by atoms with Crippen LogP contribution in [0.3, 0.4) is 0 Å². The van der Waals surface area contributed by atoms with Gasteiger partial charge in [-0.3, -0.25) is 4.79 Å². The van der Waals surface area contributed by atoms with Crippen molar-refractivity contribution in [3.63, 3.8) is 0 Å². The molecule has 1 aliphatic heterocycles. The number of nitrogens with zero attached hydrogens (tertiary/aromatic N) is 2. The summed E-state index contributed by atoms with van der Waals surface area (Å²) in [6.45, 7) is 1.44. The lowest BCUT2D eigenvalue weighted by atomic mass is 10.1. The van der Waals surface area contributed by atoms with Gasteiger partial charge in [0.15, 0.2) is 0 Å². The summed E-state index contributed by atoms with van der Waals surface area (Å²) < 4.78 is 5.65. The number of anilines is 1. The van der Waals surface area contributed by atoms with Crippen molar-refractivity contribution in [3.8, 4) is 0 Å². The molecule has 1 aliphatic rings. The summed E-state index contributed by atoms with van der Waals surface area (Å²) in [6.07, 6.45) is 1.08. The van der Waals surface area contributed by atoms with Crippen molar-refractivity contribution in [2.45, 2.75) is 18.9 Å². The quantitative estimate of drug-likeness (QED) is 0.775. The molecule has 3 rings (SSSR count). The summed E-state index contributed by atoms with van der Waals surface area (Å²) >= 11 is 0. The van der Waals surface area contributed by atoms with Crippen LogP contribution in [-0.2, 0) is 9.53 Å². The van der Waals surface area contributed by atoms with E-state index in [1.807, 2.05) is 61.5 Å². The molecule has 2 aromatic carbocycles. The molecule has 0 unspecified atom stereocenters. The third kappa shape index (κ3) is 4.04. The van der Waals surface area contributed by atoms with Crippen LogP contribution < -0.4 is 4.90 Å². The van der Waals surface area contributed by atoms with Gasteiger partial charge in [-0.1, -0.05) is 30.3 Å². The van der Waals surface area contributed by atoms with Crippen LogP contribution in [0, 0.1) is 0 Å². The number of rotatable bonds is 5. The summed E-state index contributed by atoms with van der Waals surface area (Å²) in [7, 11) is 3.88. The van der Waals surface area contributed by atoms with E-state index in [2.05, 4.69) is 0 Å². The first-order valence-electron chi connectivity index (χ1n) is 8.88. The van der Waals surface area contributed by atoms with Crippen LogP contribution in [0.25, 0.3) is 0 Å². The Morgan fingerprint density at radius 3 is 2.15 bits per heavy atom. The molecule has 1 atom stereocenters. The van der Waals surface area contributed by atoms with Crippen LogP contribution in [0.4, 0.5) is 5.69 Å². The van der Waals surface area contributed by atoms with Gasteiger partial charge in [-0.2, -0.15) is 0 Å². The van der Waals surface area contributed by atoms with E-state index in [0.29, 0.717) is 11.1 Å². The Labute approximate surface area is 154 Å². The average molecular weight is 352 g/mol. The molecule has 0 aromatic heterocycles. The normalized spacial score (nSPS) is 14.8. The predicted molar refractivity (Wildman–Crippen MR) is 101 cm³/mol. The van der Waals surface area contributed by atoms with Gasteiger partial charge in [-0.15, -0.1) is 0 Å². The lowest BCUT2D eigenvalue weighted by Gasteiger charge is -2.23. The van der Waals surface area contributed by atoms with E-state index in [1.54, 1.807) is 17.0 Å². The fourth-order valence-corrected chi connectivity index (χ4v) is 3.06. The molecule has 0 spiro atoms. The lowest BCUT2D eigenvalue weighted by molar-refractivity contribution is -0.140. The van der Waals surface area contributed by atoms with Crippen LogP contribution in [0.5, 0.6) is 0 Å². The highest BCUT2D eigenvalue weighted by molar-refractivity contribution is 5.93. The van der Waals surface area contributed by atoms with Crippen LogP contribution in [0.15, 0.2) is 54.6 Å². The third-order valence-electron chi connectivity index (χ3n) is 4.59. The van der Waals surface area contributed by atoms with Crippen molar-refractivity contribution < 1.29 is 14.3 Å². The molecule has 2 aromatic rings. The summed E-state index contributed by atoms with van der Waals surface area (Å²) in [4.78, 5) is 29.3. The van der Waals surface area contributed by atoms with Crippen LogP contribution >= 0.6 is 0 Å². The smallest absolute Gasteiger partial charge is 0.339 e. The van der Waals surface area contributed by atoms with Gasteiger partial charge in [0.2, 0.25) is 6.10 Å². The Kier molecular flexibility index (Phi) is 5.56. The molecule has 0 saturated carbocycles. The topological polar surface area (TPSA) is 49.9 Å². The van der Waals surface area contributed by atoms with Gasteiger partial charge in [0.1, 0.15) is 0 Å². The minimum absolute atomic E-state index is 0.146. The first-order valence-corrected chi connectivity index (χ1v) is 8.88. The molecule has 5 heteroatoms. The minimum atomic E-state index is -0.907. The van der Waals surface area contributed by atoms with Gasteiger partial charge < -0.3 is 14.5 Å². The summed E-state index contributed by atoms with van der Waals surface area (Å²) in [5.74, 6) is -0.635. The largest absolute Gasteiger partial charge is 0.444 e. The van der Waals surface area contributed by atoms with Crippen molar-refractivity contribution in [1.29, 1.82) is 0 Å². The maximum absolute atomic E-state index is 12.9. The number of carbonyl (C=O) groups is 2. The van der Waals surface area contributed by atoms with Crippen LogP contribution in [0.1, 0.15) is 34.9 Å². The van der Waals surface area contributed by atoms with E-state index in [9.17, 15) is 9.59 Å². The Hall–Kier alpha value is -2.82. The number of carbonyl (C=O) groups excluding carboxylic acids is 2. The van der Waals surface area contributed by atoms with E-state index >= 15 is 0 Å². The van der Waals surface area contributed by atoms with E-state index in [1.165, 1.54) is 0 Å². The molecule has 0 N–H and O–H groups in total. The second-order valence-electron chi connectivity index (χ2n) is 6.67. The minimum Gasteiger partial charge on any atom is -0.444 e. The zero-order chi connectivity index (χ0) is 18.5. The van der Waals surface area contributed by atoms with Crippen molar-refractivity contribution in [1.82, 2.24) is 4.90 Å². The van der Waals surface area contributed by atoms with E-state index in [-0.39, 0.29) is 5.91 Å². The second kappa shape index (κ2) is 8.04. The highest BCUT2D eigenvalue weighted by atomic mass is 16.5. The first kappa shape index (κ1) is 18.0. The molecular weight excluding hydrogens is 328 g/mol. The van der Waals surface area contributed by atoms with Gasteiger partial charge in [-0.05, 0) is 37.1 Å². The van der Waals surface area contributed by atoms with E-state index < -0.39 is 12.1 Å². The Bertz CT molecular complexity index is 751. The molecule has 0 radical (unpaired) electrons. The molecule has 1 heterocycles. The Morgan fingerprint density at radius 1 is 0.962 bits per heavy atom.